The third-order valence-electron chi connectivity index (χ3n) is 2.99. The van der Waals surface area contributed by atoms with Crippen molar-refractivity contribution in [1.29, 1.82) is 0 Å². The minimum Gasteiger partial charge on any atom is -0.480 e. The van der Waals surface area contributed by atoms with Gasteiger partial charge in [-0.3, -0.25) is 0 Å². The molecule has 1 rings (SSSR count). The maximum absolute atomic E-state index is 12.0. The number of hydrogen-bond donors (Lipinski definition) is 3. The van der Waals surface area contributed by atoms with Crippen LogP contribution in [0.3, 0.4) is 0 Å². The molecule has 1 atom stereocenters. The maximum atomic E-state index is 12.0. The van der Waals surface area contributed by atoms with E-state index in [2.05, 4.69) is 17.2 Å². The summed E-state index contributed by atoms with van der Waals surface area (Å²) in [5.41, 5.74) is 1.53. The van der Waals surface area contributed by atoms with Crippen molar-refractivity contribution in [1.82, 2.24) is 5.32 Å². The lowest BCUT2D eigenvalue weighted by Gasteiger charge is -2.23. The number of amides is 2. The van der Waals surface area contributed by atoms with Crippen LogP contribution in [0.5, 0.6) is 0 Å². The van der Waals surface area contributed by atoms with Crippen LogP contribution in [-0.4, -0.2) is 23.1 Å². The second-order valence-corrected chi connectivity index (χ2v) is 5.81. The number of benzene rings is 1. The van der Waals surface area contributed by atoms with E-state index in [4.69, 9.17) is 5.11 Å². The molecule has 1 aromatic carbocycles. The maximum Gasteiger partial charge on any atom is 0.326 e. The standard InChI is InChI=1S/C16H22N2O3/c1-5-8-13(14(19)20)18-15(21)17-12-10-7-6-9-11(12)16(2,3)4/h5-7,9-10,13H,1,8H2,2-4H3,(H,19,20)(H2,17,18,21). The molecule has 114 valence electrons. The van der Waals surface area contributed by atoms with E-state index in [1.165, 1.54) is 6.08 Å². The topological polar surface area (TPSA) is 78.4 Å². The van der Waals surface area contributed by atoms with E-state index in [1.54, 1.807) is 6.07 Å². The van der Waals surface area contributed by atoms with Crippen LogP contribution in [0.25, 0.3) is 0 Å². The summed E-state index contributed by atoms with van der Waals surface area (Å²) < 4.78 is 0. The lowest BCUT2D eigenvalue weighted by molar-refractivity contribution is -0.139. The summed E-state index contributed by atoms with van der Waals surface area (Å²) in [6, 6.07) is 5.94. The average Bonchev–Trinajstić information content (AvgIpc) is 2.37. The van der Waals surface area contributed by atoms with Crippen molar-refractivity contribution < 1.29 is 14.7 Å². The Morgan fingerprint density at radius 2 is 1.95 bits per heavy atom. The molecule has 0 aliphatic rings. The molecule has 5 nitrogen and oxygen atoms in total. The van der Waals surface area contributed by atoms with Gasteiger partial charge in [-0.15, -0.1) is 6.58 Å². The van der Waals surface area contributed by atoms with E-state index in [0.29, 0.717) is 5.69 Å². The van der Waals surface area contributed by atoms with Gasteiger partial charge in [-0.1, -0.05) is 45.0 Å². The third kappa shape index (κ3) is 4.95. The van der Waals surface area contributed by atoms with E-state index in [1.807, 2.05) is 39.0 Å². The van der Waals surface area contributed by atoms with Gasteiger partial charge in [0.15, 0.2) is 0 Å². The highest BCUT2D eigenvalue weighted by atomic mass is 16.4. The van der Waals surface area contributed by atoms with Crippen molar-refractivity contribution in [2.75, 3.05) is 5.32 Å². The molecule has 0 saturated heterocycles. The normalized spacial score (nSPS) is 12.3. The van der Waals surface area contributed by atoms with Crippen LogP contribution in [0, 0.1) is 0 Å². The summed E-state index contributed by atoms with van der Waals surface area (Å²) in [5.74, 6) is -1.09. The zero-order valence-corrected chi connectivity index (χ0v) is 12.6. The van der Waals surface area contributed by atoms with Crippen LogP contribution >= 0.6 is 0 Å². The molecule has 0 heterocycles. The molecule has 0 bridgehead atoms. The predicted octanol–water partition coefficient (Wildman–Crippen LogP) is 3.13. The van der Waals surface area contributed by atoms with Gasteiger partial charge < -0.3 is 15.7 Å². The smallest absolute Gasteiger partial charge is 0.326 e. The van der Waals surface area contributed by atoms with Gasteiger partial charge >= 0.3 is 12.0 Å². The van der Waals surface area contributed by atoms with Gasteiger partial charge in [0, 0.05) is 5.69 Å². The number of anilines is 1. The first-order chi connectivity index (χ1) is 9.75. The fourth-order valence-corrected chi connectivity index (χ4v) is 1.95. The van der Waals surface area contributed by atoms with Crippen LogP contribution < -0.4 is 10.6 Å². The number of hydrogen-bond acceptors (Lipinski definition) is 2. The quantitative estimate of drug-likeness (QED) is 0.729. The molecule has 0 aliphatic carbocycles. The molecular formula is C16H22N2O3. The Morgan fingerprint density at radius 1 is 1.33 bits per heavy atom. The number of carboxylic acids is 1. The van der Waals surface area contributed by atoms with Crippen LogP contribution in [0.15, 0.2) is 36.9 Å². The largest absolute Gasteiger partial charge is 0.480 e. The molecule has 5 heteroatoms. The van der Waals surface area contributed by atoms with Crippen molar-refractivity contribution in [3.8, 4) is 0 Å². The fraction of sp³-hybridized carbons (Fsp3) is 0.375. The van der Waals surface area contributed by atoms with Crippen molar-refractivity contribution in [3.63, 3.8) is 0 Å². The van der Waals surface area contributed by atoms with Gasteiger partial charge in [0.25, 0.3) is 0 Å². The summed E-state index contributed by atoms with van der Waals surface area (Å²) in [7, 11) is 0. The Labute approximate surface area is 125 Å². The number of carbonyl (C=O) groups is 2. The minimum atomic E-state index is -1.09. The van der Waals surface area contributed by atoms with Gasteiger partial charge in [-0.05, 0) is 23.5 Å². The Bertz CT molecular complexity index is 533. The number of rotatable bonds is 5. The van der Waals surface area contributed by atoms with E-state index in [-0.39, 0.29) is 11.8 Å². The van der Waals surface area contributed by atoms with E-state index in [9.17, 15) is 9.59 Å². The molecule has 0 fully saturated rings. The first-order valence-corrected chi connectivity index (χ1v) is 6.76. The Hall–Kier alpha value is -2.30. The highest BCUT2D eigenvalue weighted by Gasteiger charge is 2.21. The first-order valence-electron chi connectivity index (χ1n) is 6.76. The van der Waals surface area contributed by atoms with E-state index >= 15 is 0 Å². The fourth-order valence-electron chi connectivity index (χ4n) is 1.95. The molecule has 2 amide bonds. The van der Waals surface area contributed by atoms with E-state index in [0.717, 1.165) is 5.56 Å². The molecule has 1 unspecified atom stereocenters. The van der Waals surface area contributed by atoms with Crippen molar-refractivity contribution in [3.05, 3.63) is 42.5 Å². The number of carboxylic acid groups (broad SMARTS) is 1. The zero-order valence-electron chi connectivity index (χ0n) is 12.6. The highest BCUT2D eigenvalue weighted by molar-refractivity contribution is 5.93. The number of nitrogens with one attached hydrogen (secondary N) is 2. The Balaban J connectivity index is 2.84. The monoisotopic (exact) mass is 290 g/mol. The van der Waals surface area contributed by atoms with Gasteiger partial charge in [0.2, 0.25) is 0 Å². The number of aliphatic carboxylic acids is 1. The van der Waals surface area contributed by atoms with Gasteiger partial charge in [-0.2, -0.15) is 0 Å². The van der Waals surface area contributed by atoms with Crippen molar-refractivity contribution >= 4 is 17.7 Å². The van der Waals surface area contributed by atoms with Crippen LogP contribution in [0.4, 0.5) is 10.5 Å². The van der Waals surface area contributed by atoms with Crippen molar-refractivity contribution in [2.45, 2.75) is 38.6 Å². The number of urea groups is 1. The molecule has 0 spiro atoms. The summed E-state index contributed by atoms with van der Waals surface area (Å²) in [5, 5.41) is 14.1. The van der Waals surface area contributed by atoms with Gasteiger partial charge in [0.05, 0.1) is 0 Å². The molecule has 3 N–H and O–H groups in total. The van der Waals surface area contributed by atoms with Crippen LogP contribution in [0.1, 0.15) is 32.8 Å². The molecule has 21 heavy (non-hydrogen) atoms. The summed E-state index contributed by atoms with van der Waals surface area (Å²) >= 11 is 0. The van der Waals surface area contributed by atoms with Gasteiger partial charge in [-0.25, -0.2) is 9.59 Å². The molecule has 0 aromatic heterocycles. The van der Waals surface area contributed by atoms with Gasteiger partial charge in [0.1, 0.15) is 6.04 Å². The van der Waals surface area contributed by atoms with Crippen LogP contribution in [-0.2, 0) is 10.2 Å². The summed E-state index contributed by atoms with van der Waals surface area (Å²) in [4.78, 5) is 23.0. The number of para-hydroxylation sites is 1. The molecule has 0 aliphatic heterocycles. The molecule has 0 radical (unpaired) electrons. The Morgan fingerprint density at radius 3 is 2.48 bits per heavy atom. The number of carbonyl (C=O) groups excluding carboxylic acids is 1. The molecular weight excluding hydrogens is 268 g/mol. The zero-order chi connectivity index (χ0) is 16.0. The summed E-state index contributed by atoms with van der Waals surface area (Å²) in [6.45, 7) is 9.62. The highest BCUT2D eigenvalue weighted by Crippen LogP contribution is 2.29. The Kier molecular flexibility index (Phi) is 5.52. The lowest BCUT2D eigenvalue weighted by Crippen LogP contribution is -2.42. The van der Waals surface area contributed by atoms with Crippen molar-refractivity contribution in [2.24, 2.45) is 0 Å². The average molecular weight is 290 g/mol. The third-order valence-corrected chi connectivity index (χ3v) is 2.99. The summed E-state index contributed by atoms with van der Waals surface area (Å²) in [6.07, 6.45) is 1.63. The molecule has 1 aromatic rings. The minimum absolute atomic E-state index is 0.128. The van der Waals surface area contributed by atoms with E-state index < -0.39 is 18.0 Å². The van der Waals surface area contributed by atoms with Crippen LogP contribution in [0.2, 0.25) is 0 Å². The SMILES string of the molecule is C=CCC(NC(=O)Nc1ccccc1C(C)(C)C)C(=O)O. The first kappa shape index (κ1) is 16.8. The predicted molar refractivity (Wildman–Crippen MR) is 83.5 cm³/mol. The molecule has 0 saturated carbocycles. The second kappa shape index (κ2) is 6.92. The second-order valence-electron chi connectivity index (χ2n) is 5.81. The lowest BCUT2D eigenvalue weighted by atomic mass is 9.86.